The van der Waals surface area contributed by atoms with E-state index in [4.69, 9.17) is 11.5 Å². The summed E-state index contributed by atoms with van der Waals surface area (Å²) in [4.78, 5) is 11.5. The van der Waals surface area contributed by atoms with E-state index in [0.29, 0.717) is 24.3 Å². The van der Waals surface area contributed by atoms with E-state index >= 15 is 0 Å². The standard InChI is InChI=1S/C16H23N5/c1-11-5-4-8-21(14(11)9-17)10-15-19-13-7-3-2-6-12(13)16(18)20-15/h2-3,6-7,11,14H,4-5,8-10,17H2,1H3,(H2,18,19,20). The van der Waals surface area contributed by atoms with Gasteiger partial charge in [0.05, 0.1) is 12.1 Å². The highest BCUT2D eigenvalue weighted by Crippen LogP contribution is 2.24. The van der Waals surface area contributed by atoms with Crippen molar-refractivity contribution in [1.29, 1.82) is 0 Å². The fourth-order valence-electron chi connectivity index (χ4n) is 3.32. The molecule has 3 rings (SSSR count). The van der Waals surface area contributed by atoms with Gasteiger partial charge in [-0.25, -0.2) is 9.97 Å². The van der Waals surface area contributed by atoms with Crippen LogP contribution in [0.3, 0.4) is 0 Å². The Morgan fingerprint density at radius 2 is 2.10 bits per heavy atom. The van der Waals surface area contributed by atoms with Gasteiger partial charge in [0.25, 0.3) is 0 Å². The zero-order valence-electron chi connectivity index (χ0n) is 12.5. The van der Waals surface area contributed by atoms with Crippen LogP contribution in [0, 0.1) is 5.92 Å². The zero-order chi connectivity index (χ0) is 14.8. The second kappa shape index (κ2) is 5.95. The summed E-state index contributed by atoms with van der Waals surface area (Å²) in [5.41, 5.74) is 12.9. The molecule has 0 radical (unpaired) electrons. The van der Waals surface area contributed by atoms with Crippen molar-refractivity contribution in [1.82, 2.24) is 14.9 Å². The van der Waals surface area contributed by atoms with Crippen molar-refractivity contribution in [3.05, 3.63) is 30.1 Å². The van der Waals surface area contributed by atoms with Gasteiger partial charge in [-0.1, -0.05) is 19.1 Å². The van der Waals surface area contributed by atoms with Gasteiger partial charge in [-0.15, -0.1) is 0 Å². The monoisotopic (exact) mass is 285 g/mol. The molecule has 0 aliphatic carbocycles. The SMILES string of the molecule is CC1CCCN(Cc2nc(N)c3ccccc3n2)C1CN. The first kappa shape index (κ1) is 14.2. The minimum absolute atomic E-state index is 0.412. The second-order valence-electron chi connectivity index (χ2n) is 5.94. The lowest BCUT2D eigenvalue weighted by Crippen LogP contribution is -2.48. The molecule has 2 aromatic rings. The summed E-state index contributed by atoms with van der Waals surface area (Å²) in [5, 5.41) is 0.920. The number of hydrogen-bond acceptors (Lipinski definition) is 5. The number of nitrogens with two attached hydrogens (primary N) is 2. The highest BCUT2D eigenvalue weighted by atomic mass is 15.2. The Morgan fingerprint density at radius 3 is 2.90 bits per heavy atom. The van der Waals surface area contributed by atoms with Gasteiger partial charge < -0.3 is 11.5 Å². The number of hydrogen-bond donors (Lipinski definition) is 2. The van der Waals surface area contributed by atoms with Crippen molar-refractivity contribution >= 4 is 16.7 Å². The molecule has 0 spiro atoms. The average Bonchev–Trinajstić information content (AvgIpc) is 2.47. The van der Waals surface area contributed by atoms with E-state index in [1.807, 2.05) is 24.3 Å². The van der Waals surface area contributed by atoms with Crippen LogP contribution in [0.2, 0.25) is 0 Å². The fourth-order valence-corrected chi connectivity index (χ4v) is 3.32. The third-order valence-corrected chi connectivity index (χ3v) is 4.50. The minimum Gasteiger partial charge on any atom is -0.383 e. The maximum absolute atomic E-state index is 6.06. The quantitative estimate of drug-likeness (QED) is 0.898. The van der Waals surface area contributed by atoms with Crippen LogP contribution in [-0.4, -0.2) is 34.0 Å². The van der Waals surface area contributed by atoms with E-state index in [0.717, 1.165) is 29.8 Å². The van der Waals surface area contributed by atoms with Crippen molar-refractivity contribution in [3.8, 4) is 0 Å². The van der Waals surface area contributed by atoms with E-state index in [1.165, 1.54) is 12.8 Å². The number of benzene rings is 1. The van der Waals surface area contributed by atoms with Gasteiger partial charge in [0, 0.05) is 18.0 Å². The van der Waals surface area contributed by atoms with E-state index in [1.54, 1.807) is 0 Å². The van der Waals surface area contributed by atoms with Crippen LogP contribution in [-0.2, 0) is 6.54 Å². The van der Waals surface area contributed by atoms with Gasteiger partial charge in [0.15, 0.2) is 0 Å². The fraction of sp³-hybridized carbons (Fsp3) is 0.500. The maximum atomic E-state index is 6.06. The summed E-state index contributed by atoms with van der Waals surface area (Å²) in [6.07, 6.45) is 2.46. The lowest BCUT2D eigenvalue weighted by molar-refractivity contribution is 0.0965. The van der Waals surface area contributed by atoms with Crippen LogP contribution in [0.25, 0.3) is 10.9 Å². The van der Waals surface area contributed by atoms with Crippen molar-refractivity contribution in [3.63, 3.8) is 0 Å². The Balaban J connectivity index is 1.87. The molecule has 1 aliphatic rings. The summed E-state index contributed by atoms with van der Waals surface area (Å²) in [6.45, 7) is 4.74. The first-order valence-corrected chi connectivity index (χ1v) is 7.64. The van der Waals surface area contributed by atoms with Gasteiger partial charge in [0.1, 0.15) is 11.6 Å². The first-order chi connectivity index (χ1) is 10.2. The van der Waals surface area contributed by atoms with Gasteiger partial charge in [-0.2, -0.15) is 0 Å². The number of nitrogen functional groups attached to an aromatic ring is 1. The normalized spacial score (nSPS) is 23.5. The molecule has 1 fully saturated rings. The number of rotatable bonds is 3. The summed E-state index contributed by atoms with van der Waals surface area (Å²) in [6, 6.07) is 8.29. The Hall–Kier alpha value is -1.72. The van der Waals surface area contributed by atoms with Crippen LogP contribution < -0.4 is 11.5 Å². The van der Waals surface area contributed by atoms with Gasteiger partial charge in [-0.05, 0) is 37.4 Å². The molecule has 5 nitrogen and oxygen atoms in total. The van der Waals surface area contributed by atoms with Gasteiger partial charge in [-0.3, -0.25) is 4.90 Å². The Bertz CT molecular complexity index is 627. The van der Waals surface area contributed by atoms with E-state index < -0.39 is 0 Å². The van der Waals surface area contributed by atoms with Crippen LogP contribution >= 0.6 is 0 Å². The Labute approximate surface area is 125 Å². The van der Waals surface area contributed by atoms with Crippen molar-refractivity contribution in [2.75, 3.05) is 18.8 Å². The molecule has 0 amide bonds. The third kappa shape index (κ3) is 2.84. The molecule has 2 atom stereocenters. The smallest absolute Gasteiger partial charge is 0.145 e. The topological polar surface area (TPSA) is 81.1 Å². The molecule has 1 aromatic heterocycles. The molecule has 1 aliphatic heterocycles. The lowest BCUT2D eigenvalue weighted by atomic mass is 9.91. The van der Waals surface area contributed by atoms with E-state index in [-0.39, 0.29) is 0 Å². The number of para-hydroxylation sites is 1. The van der Waals surface area contributed by atoms with Gasteiger partial charge >= 0.3 is 0 Å². The summed E-state index contributed by atoms with van der Waals surface area (Å²) < 4.78 is 0. The van der Waals surface area contributed by atoms with Crippen LogP contribution in [0.1, 0.15) is 25.6 Å². The molecule has 0 bridgehead atoms. The number of anilines is 1. The van der Waals surface area contributed by atoms with E-state index in [9.17, 15) is 0 Å². The van der Waals surface area contributed by atoms with Crippen LogP contribution in [0.15, 0.2) is 24.3 Å². The summed E-state index contributed by atoms with van der Waals surface area (Å²) in [5.74, 6) is 1.98. The molecular formula is C16H23N5. The average molecular weight is 285 g/mol. The van der Waals surface area contributed by atoms with Gasteiger partial charge in [0.2, 0.25) is 0 Å². The van der Waals surface area contributed by atoms with Crippen molar-refractivity contribution < 1.29 is 0 Å². The zero-order valence-corrected chi connectivity index (χ0v) is 12.5. The largest absolute Gasteiger partial charge is 0.383 e. The van der Waals surface area contributed by atoms with E-state index in [2.05, 4.69) is 21.8 Å². The lowest BCUT2D eigenvalue weighted by Gasteiger charge is -2.39. The number of likely N-dealkylation sites (tertiary alicyclic amines) is 1. The molecule has 5 heteroatoms. The molecule has 4 N–H and O–H groups in total. The number of piperidine rings is 1. The predicted molar refractivity (Wildman–Crippen MR) is 85.6 cm³/mol. The number of nitrogens with zero attached hydrogens (tertiary/aromatic N) is 3. The highest BCUT2D eigenvalue weighted by molar-refractivity contribution is 5.87. The number of aromatic nitrogens is 2. The maximum Gasteiger partial charge on any atom is 0.145 e. The van der Waals surface area contributed by atoms with Crippen LogP contribution in [0.5, 0.6) is 0 Å². The Morgan fingerprint density at radius 1 is 1.29 bits per heavy atom. The van der Waals surface area contributed by atoms with Crippen LogP contribution in [0.4, 0.5) is 5.82 Å². The van der Waals surface area contributed by atoms with Crippen molar-refractivity contribution in [2.45, 2.75) is 32.4 Å². The molecule has 1 saturated heterocycles. The highest BCUT2D eigenvalue weighted by Gasteiger charge is 2.27. The summed E-state index contributed by atoms with van der Waals surface area (Å²) >= 11 is 0. The minimum atomic E-state index is 0.412. The molecule has 1 aromatic carbocycles. The first-order valence-electron chi connectivity index (χ1n) is 7.64. The Kier molecular flexibility index (Phi) is 4.03. The molecular weight excluding hydrogens is 262 g/mol. The third-order valence-electron chi connectivity index (χ3n) is 4.50. The second-order valence-corrected chi connectivity index (χ2v) is 5.94. The summed E-state index contributed by atoms with van der Waals surface area (Å²) in [7, 11) is 0. The molecule has 21 heavy (non-hydrogen) atoms. The molecule has 2 unspecified atom stereocenters. The molecule has 2 heterocycles. The van der Waals surface area contributed by atoms with Crippen molar-refractivity contribution in [2.24, 2.45) is 11.7 Å². The predicted octanol–water partition coefficient (Wildman–Crippen LogP) is 1.77. The molecule has 0 saturated carbocycles. The number of fused-ring (bicyclic) bond motifs is 1. The molecule has 112 valence electrons.